The van der Waals surface area contributed by atoms with E-state index >= 15 is 0 Å². The van der Waals surface area contributed by atoms with E-state index in [4.69, 9.17) is 4.74 Å². The minimum atomic E-state index is -0.483. The minimum Gasteiger partial charge on any atom is -0.467 e. The van der Waals surface area contributed by atoms with Crippen molar-refractivity contribution in [1.82, 2.24) is 15.0 Å². The molecule has 0 amide bonds. The molecule has 0 aromatic carbocycles. The van der Waals surface area contributed by atoms with Gasteiger partial charge < -0.3 is 10.1 Å². The maximum Gasteiger partial charge on any atom is 0.352 e. The van der Waals surface area contributed by atoms with Crippen molar-refractivity contribution in [2.45, 2.75) is 26.3 Å². The third-order valence-corrected chi connectivity index (χ3v) is 1.31. The fourth-order valence-electron chi connectivity index (χ4n) is 0.870. The Hall–Kier alpha value is -1.59. The lowest BCUT2D eigenvalue weighted by Crippen LogP contribution is -2.29. The van der Waals surface area contributed by atoms with E-state index in [1.54, 1.807) is 0 Å². The van der Waals surface area contributed by atoms with Gasteiger partial charge in [0, 0.05) is 5.54 Å². The van der Waals surface area contributed by atoms with Crippen molar-refractivity contribution < 1.29 is 4.74 Å². The summed E-state index contributed by atoms with van der Waals surface area (Å²) in [6.45, 7) is 5.87. The Morgan fingerprint density at radius 1 is 1.36 bits per heavy atom. The van der Waals surface area contributed by atoms with Crippen LogP contribution >= 0.6 is 0 Å². The zero-order valence-electron chi connectivity index (χ0n) is 8.71. The Kier molecular flexibility index (Phi) is 2.73. The normalized spacial score (nSPS) is 11.1. The van der Waals surface area contributed by atoms with Gasteiger partial charge in [-0.1, -0.05) is 0 Å². The molecule has 0 aliphatic heterocycles. The summed E-state index contributed by atoms with van der Waals surface area (Å²) in [7, 11) is 1.41. The second-order valence-electron chi connectivity index (χ2n) is 3.86. The molecule has 0 radical (unpaired) electrons. The molecule has 2 N–H and O–H groups in total. The van der Waals surface area contributed by atoms with E-state index in [2.05, 4.69) is 20.3 Å². The summed E-state index contributed by atoms with van der Waals surface area (Å²) < 4.78 is 4.77. The van der Waals surface area contributed by atoms with E-state index in [1.807, 2.05) is 20.8 Å². The van der Waals surface area contributed by atoms with Crippen LogP contribution in [-0.4, -0.2) is 27.6 Å². The number of hydrogen-bond donors (Lipinski definition) is 2. The lowest BCUT2D eigenvalue weighted by Gasteiger charge is -2.20. The van der Waals surface area contributed by atoms with Crippen LogP contribution in [-0.2, 0) is 0 Å². The van der Waals surface area contributed by atoms with E-state index in [1.165, 1.54) is 7.11 Å². The van der Waals surface area contributed by atoms with Gasteiger partial charge in [-0.3, -0.25) is 4.98 Å². The van der Waals surface area contributed by atoms with Gasteiger partial charge in [-0.25, -0.2) is 4.79 Å². The lowest BCUT2D eigenvalue weighted by molar-refractivity contribution is 0.376. The molecule has 0 fully saturated rings. The molecule has 78 valence electrons. The molecule has 1 heterocycles. The summed E-state index contributed by atoms with van der Waals surface area (Å²) in [6, 6.07) is 0.0560. The molecular formula is C8H14N4O2. The number of aromatic nitrogens is 3. The molecule has 0 atom stereocenters. The van der Waals surface area contributed by atoms with E-state index in [0.717, 1.165) is 0 Å². The standard InChI is InChI=1S/C8H14N4O2/c1-8(2,3)12-5-9-6(13)11-7(10-5)14-4/h1-4H3,(H2,9,10,11,12,13). The molecule has 6 heteroatoms. The SMILES string of the molecule is COc1nc(NC(C)(C)C)[nH]c(=O)n1. The van der Waals surface area contributed by atoms with E-state index in [9.17, 15) is 4.79 Å². The summed E-state index contributed by atoms with van der Waals surface area (Å²) >= 11 is 0. The van der Waals surface area contributed by atoms with Crippen molar-refractivity contribution in [3.63, 3.8) is 0 Å². The number of ether oxygens (including phenoxy) is 1. The Balaban J connectivity index is 2.98. The number of methoxy groups -OCH3 is 1. The first-order valence-corrected chi connectivity index (χ1v) is 4.21. The Labute approximate surface area is 81.7 Å². The predicted octanol–water partition coefficient (Wildman–Crippen LogP) is 0.384. The molecular weight excluding hydrogens is 184 g/mol. The highest BCUT2D eigenvalue weighted by atomic mass is 16.5. The highest BCUT2D eigenvalue weighted by Crippen LogP contribution is 2.09. The summed E-state index contributed by atoms with van der Waals surface area (Å²) in [5.74, 6) is 0.356. The van der Waals surface area contributed by atoms with Gasteiger partial charge in [-0.2, -0.15) is 4.98 Å². The van der Waals surface area contributed by atoms with E-state index in [0.29, 0.717) is 5.95 Å². The Morgan fingerprint density at radius 2 is 2.00 bits per heavy atom. The zero-order chi connectivity index (χ0) is 10.8. The van der Waals surface area contributed by atoms with Gasteiger partial charge in [0.2, 0.25) is 5.95 Å². The number of nitrogens with one attached hydrogen (secondary N) is 2. The number of hydrogen-bond acceptors (Lipinski definition) is 5. The monoisotopic (exact) mass is 198 g/mol. The van der Waals surface area contributed by atoms with Crippen molar-refractivity contribution in [2.24, 2.45) is 0 Å². The molecule has 0 bridgehead atoms. The van der Waals surface area contributed by atoms with Crippen molar-refractivity contribution in [3.05, 3.63) is 10.5 Å². The highest BCUT2D eigenvalue weighted by molar-refractivity contribution is 5.27. The van der Waals surface area contributed by atoms with Crippen LogP contribution in [0.1, 0.15) is 20.8 Å². The average Bonchev–Trinajstić information content (AvgIpc) is 1.99. The van der Waals surface area contributed by atoms with Crippen LogP contribution in [0.4, 0.5) is 5.95 Å². The molecule has 0 aliphatic carbocycles. The summed E-state index contributed by atoms with van der Waals surface area (Å²) in [5.41, 5.74) is -0.661. The molecule has 6 nitrogen and oxygen atoms in total. The molecule has 1 aromatic rings. The molecule has 0 saturated carbocycles. The second kappa shape index (κ2) is 3.65. The quantitative estimate of drug-likeness (QED) is 0.718. The maximum atomic E-state index is 11.0. The van der Waals surface area contributed by atoms with Crippen molar-refractivity contribution in [3.8, 4) is 6.01 Å². The summed E-state index contributed by atoms with van der Waals surface area (Å²) in [5, 5.41) is 3.01. The number of aromatic amines is 1. The summed E-state index contributed by atoms with van der Waals surface area (Å²) in [6.07, 6.45) is 0. The first kappa shape index (κ1) is 10.5. The average molecular weight is 198 g/mol. The fraction of sp³-hybridized carbons (Fsp3) is 0.625. The van der Waals surface area contributed by atoms with Crippen LogP contribution in [0.3, 0.4) is 0 Å². The second-order valence-corrected chi connectivity index (χ2v) is 3.86. The number of nitrogens with zero attached hydrogens (tertiary/aromatic N) is 2. The van der Waals surface area contributed by atoms with Gasteiger partial charge in [0.05, 0.1) is 7.11 Å². The van der Waals surface area contributed by atoms with Crippen molar-refractivity contribution in [2.75, 3.05) is 12.4 Å². The number of H-pyrrole nitrogens is 1. The van der Waals surface area contributed by atoms with Crippen molar-refractivity contribution in [1.29, 1.82) is 0 Å². The Morgan fingerprint density at radius 3 is 2.50 bits per heavy atom. The Bertz CT molecular complexity index is 366. The van der Waals surface area contributed by atoms with E-state index in [-0.39, 0.29) is 11.5 Å². The van der Waals surface area contributed by atoms with Crippen LogP contribution < -0.4 is 15.7 Å². The van der Waals surface area contributed by atoms with Gasteiger partial charge in [0.1, 0.15) is 0 Å². The van der Waals surface area contributed by atoms with Crippen LogP contribution in [0.5, 0.6) is 6.01 Å². The predicted molar refractivity (Wildman–Crippen MR) is 52.6 cm³/mol. The van der Waals surface area contributed by atoms with Gasteiger partial charge in [-0.15, -0.1) is 4.98 Å². The van der Waals surface area contributed by atoms with Gasteiger partial charge in [-0.05, 0) is 20.8 Å². The minimum absolute atomic E-state index is 0.0560. The molecule has 14 heavy (non-hydrogen) atoms. The zero-order valence-corrected chi connectivity index (χ0v) is 8.71. The third-order valence-electron chi connectivity index (χ3n) is 1.31. The summed E-state index contributed by atoms with van der Waals surface area (Å²) in [4.78, 5) is 20.9. The van der Waals surface area contributed by atoms with Crippen molar-refractivity contribution >= 4 is 5.95 Å². The van der Waals surface area contributed by atoms with E-state index < -0.39 is 5.69 Å². The topological polar surface area (TPSA) is 79.9 Å². The fourth-order valence-corrected chi connectivity index (χ4v) is 0.870. The maximum absolute atomic E-state index is 11.0. The smallest absolute Gasteiger partial charge is 0.352 e. The van der Waals surface area contributed by atoms with Crippen LogP contribution in [0.25, 0.3) is 0 Å². The molecule has 1 aromatic heterocycles. The lowest BCUT2D eigenvalue weighted by atomic mass is 10.1. The van der Waals surface area contributed by atoms with Crippen LogP contribution in [0.2, 0.25) is 0 Å². The molecule has 0 unspecified atom stereocenters. The largest absolute Gasteiger partial charge is 0.467 e. The molecule has 0 saturated heterocycles. The molecule has 0 spiro atoms. The van der Waals surface area contributed by atoms with Gasteiger partial charge in [0.25, 0.3) is 0 Å². The van der Waals surface area contributed by atoms with Gasteiger partial charge >= 0.3 is 11.7 Å². The van der Waals surface area contributed by atoms with Crippen LogP contribution in [0, 0.1) is 0 Å². The van der Waals surface area contributed by atoms with Gasteiger partial charge in [0.15, 0.2) is 0 Å². The third kappa shape index (κ3) is 3.04. The number of anilines is 1. The number of rotatable bonds is 2. The molecule has 0 aliphatic rings. The first-order valence-electron chi connectivity index (χ1n) is 4.21. The highest BCUT2D eigenvalue weighted by Gasteiger charge is 2.11. The van der Waals surface area contributed by atoms with Crippen LogP contribution in [0.15, 0.2) is 4.79 Å². The first-order chi connectivity index (χ1) is 6.40. The molecule has 1 rings (SSSR count).